The first-order chi connectivity index (χ1) is 20.4. The van der Waals surface area contributed by atoms with Crippen LogP contribution in [0.2, 0.25) is 0 Å². The molecule has 1 aliphatic heterocycles. The molecule has 7 rings (SSSR count). The second-order valence-corrected chi connectivity index (χ2v) is 9.92. The van der Waals surface area contributed by atoms with Crippen LogP contribution >= 0.6 is 0 Å². The number of carbonyl (C=O) groups is 3. The predicted molar refractivity (Wildman–Crippen MR) is 146 cm³/mol. The van der Waals surface area contributed by atoms with E-state index in [1.165, 1.54) is 23.0 Å². The first-order valence-corrected chi connectivity index (χ1v) is 13.1. The number of benzene rings is 2. The van der Waals surface area contributed by atoms with E-state index in [1.807, 2.05) is 18.2 Å². The highest BCUT2D eigenvalue weighted by molar-refractivity contribution is 5.98. The Bertz CT molecular complexity index is 1960. The van der Waals surface area contributed by atoms with Crippen LogP contribution in [-0.2, 0) is 17.8 Å². The Morgan fingerprint density at radius 1 is 1.10 bits per heavy atom. The number of H-pyrrole nitrogens is 1. The number of rotatable bonds is 6. The Morgan fingerprint density at radius 3 is 2.86 bits per heavy atom. The van der Waals surface area contributed by atoms with Gasteiger partial charge in [0.15, 0.2) is 18.1 Å². The van der Waals surface area contributed by atoms with Gasteiger partial charge in [-0.15, -0.1) is 0 Å². The van der Waals surface area contributed by atoms with E-state index in [9.17, 15) is 19.2 Å². The monoisotopic (exact) mass is 566 g/mol. The molecule has 2 aromatic carbocycles. The number of hydrogen-bond acceptors (Lipinski definition) is 9. The summed E-state index contributed by atoms with van der Waals surface area (Å²) in [5.74, 6) is -0.839. The zero-order valence-corrected chi connectivity index (χ0v) is 21.8. The molecule has 4 heterocycles. The number of aryl methyl sites for hydroxylation is 1. The molecule has 4 N–H and O–H groups in total. The van der Waals surface area contributed by atoms with Crippen molar-refractivity contribution in [3.8, 4) is 17.1 Å². The third-order valence-corrected chi connectivity index (χ3v) is 7.22. The minimum Gasteiger partial charge on any atom is -0.482 e. The molecular weight excluding hydrogens is 544 g/mol. The van der Waals surface area contributed by atoms with Crippen molar-refractivity contribution in [3.63, 3.8) is 0 Å². The molecule has 14 heteroatoms. The van der Waals surface area contributed by atoms with E-state index in [1.54, 1.807) is 18.2 Å². The number of aromatic nitrogens is 5. The van der Waals surface area contributed by atoms with Gasteiger partial charge in [0.05, 0.1) is 17.9 Å². The van der Waals surface area contributed by atoms with Gasteiger partial charge in [-0.3, -0.25) is 28.3 Å². The molecule has 3 amide bonds. The van der Waals surface area contributed by atoms with Gasteiger partial charge < -0.3 is 20.7 Å². The highest BCUT2D eigenvalue weighted by Crippen LogP contribution is 2.34. The molecular formula is C28H22N8O6. The summed E-state index contributed by atoms with van der Waals surface area (Å²) in [6.45, 7) is 0.126. The van der Waals surface area contributed by atoms with Gasteiger partial charge in [-0.1, -0.05) is 23.4 Å². The second kappa shape index (κ2) is 9.99. The van der Waals surface area contributed by atoms with Crippen LogP contribution in [0.1, 0.15) is 50.1 Å². The van der Waals surface area contributed by atoms with Crippen LogP contribution in [-0.4, -0.2) is 48.8 Å². The molecule has 210 valence electrons. The number of nitrogens with one attached hydrogen (secondary N) is 4. The largest absolute Gasteiger partial charge is 0.482 e. The standard InChI is InChI=1S/C28H22N8O6/c37-24-12-41-22-6-1-14(7-19(22)32-24)10-30-26(38)20-9-21(36-13-29-11-23(36)31-20)27(39)33-18-5-3-15-8-16(2-4-17(15)18)25-34-28(40)42-35-25/h1-2,4,6-9,11,13,18H,3,5,10,12H2,(H,30,38)(H,32,37)(H,33,39)(H,34,35,40)/t18-/m0/s1. The Morgan fingerprint density at radius 2 is 2.00 bits per heavy atom. The molecule has 3 aromatic heterocycles. The van der Waals surface area contributed by atoms with Crippen molar-refractivity contribution in [3.05, 3.63) is 93.6 Å². The van der Waals surface area contributed by atoms with Gasteiger partial charge in [-0.25, -0.2) is 14.8 Å². The lowest BCUT2D eigenvalue weighted by Crippen LogP contribution is -2.30. The Hall–Kier alpha value is -5.79. The van der Waals surface area contributed by atoms with Gasteiger partial charge in [0.25, 0.3) is 17.7 Å². The SMILES string of the molecule is O=C1COc2ccc(CNC(=O)c3cc(C(=O)N[C@H]4CCc5cc(-c6noc(=O)[nH]6)ccc54)n4cncc4n3)cc2N1. The van der Waals surface area contributed by atoms with E-state index in [2.05, 4.69) is 40.6 Å². The first kappa shape index (κ1) is 25.2. The van der Waals surface area contributed by atoms with E-state index in [4.69, 9.17) is 4.74 Å². The van der Waals surface area contributed by atoms with E-state index in [0.717, 1.165) is 23.1 Å². The number of imidazole rings is 1. The normalized spacial score (nSPS) is 15.4. The van der Waals surface area contributed by atoms with Crippen molar-refractivity contribution < 1.29 is 23.6 Å². The van der Waals surface area contributed by atoms with Crippen LogP contribution < -0.4 is 26.4 Å². The number of hydrogen-bond donors (Lipinski definition) is 4. The zero-order valence-electron chi connectivity index (χ0n) is 21.8. The van der Waals surface area contributed by atoms with Gasteiger partial charge in [-0.2, -0.15) is 0 Å². The molecule has 0 radical (unpaired) electrons. The predicted octanol–water partition coefficient (Wildman–Crippen LogP) is 1.75. The van der Waals surface area contributed by atoms with Crippen LogP contribution in [0, 0.1) is 0 Å². The van der Waals surface area contributed by atoms with Crippen LogP contribution in [0.25, 0.3) is 17.0 Å². The Balaban J connectivity index is 1.08. The molecule has 2 aliphatic rings. The van der Waals surface area contributed by atoms with Gasteiger partial charge in [0, 0.05) is 12.1 Å². The smallest absolute Gasteiger partial charge is 0.439 e. The van der Waals surface area contributed by atoms with Crippen molar-refractivity contribution in [2.75, 3.05) is 11.9 Å². The van der Waals surface area contributed by atoms with E-state index in [0.29, 0.717) is 34.9 Å². The molecule has 1 atom stereocenters. The van der Waals surface area contributed by atoms with Crippen LogP contribution in [0.3, 0.4) is 0 Å². The molecule has 42 heavy (non-hydrogen) atoms. The summed E-state index contributed by atoms with van der Waals surface area (Å²) < 4.78 is 11.5. The fourth-order valence-corrected chi connectivity index (χ4v) is 5.22. The average molecular weight is 567 g/mol. The summed E-state index contributed by atoms with van der Waals surface area (Å²) in [4.78, 5) is 60.6. The first-order valence-electron chi connectivity index (χ1n) is 13.1. The van der Waals surface area contributed by atoms with Crippen molar-refractivity contribution in [2.24, 2.45) is 0 Å². The van der Waals surface area contributed by atoms with Crippen LogP contribution in [0.4, 0.5) is 5.69 Å². The highest BCUT2D eigenvalue weighted by Gasteiger charge is 2.27. The third kappa shape index (κ3) is 4.64. The quantitative estimate of drug-likeness (QED) is 0.238. The lowest BCUT2D eigenvalue weighted by molar-refractivity contribution is -0.118. The molecule has 0 fully saturated rings. The number of anilines is 1. The van der Waals surface area contributed by atoms with Gasteiger partial charge in [-0.05, 0) is 53.8 Å². The minimum atomic E-state index is -0.629. The van der Waals surface area contributed by atoms with E-state index < -0.39 is 11.7 Å². The molecule has 0 saturated carbocycles. The fourth-order valence-electron chi connectivity index (χ4n) is 5.22. The number of nitrogens with zero attached hydrogens (tertiary/aromatic N) is 4. The zero-order chi connectivity index (χ0) is 28.8. The van der Waals surface area contributed by atoms with Crippen molar-refractivity contribution >= 4 is 29.1 Å². The second-order valence-electron chi connectivity index (χ2n) is 9.92. The summed E-state index contributed by atoms with van der Waals surface area (Å²) in [6, 6.07) is 12.0. The summed E-state index contributed by atoms with van der Waals surface area (Å²) in [5.41, 5.74) is 4.59. The van der Waals surface area contributed by atoms with E-state index >= 15 is 0 Å². The number of aromatic amines is 1. The number of carbonyl (C=O) groups excluding carboxylic acids is 3. The van der Waals surface area contributed by atoms with Crippen molar-refractivity contribution in [2.45, 2.75) is 25.4 Å². The van der Waals surface area contributed by atoms with Crippen LogP contribution in [0.5, 0.6) is 5.75 Å². The van der Waals surface area contributed by atoms with Gasteiger partial charge >= 0.3 is 5.76 Å². The maximum atomic E-state index is 13.5. The number of amides is 3. The van der Waals surface area contributed by atoms with E-state index in [-0.39, 0.29) is 42.4 Å². The van der Waals surface area contributed by atoms with Gasteiger partial charge in [0.1, 0.15) is 23.5 Å². The highest BCUT2D eigenvalue weighted by atomic mass is 16.5. The van der Waals surface area contributed by atoms with Gasteiger partial charge in [0.2, 0.25) is 0 Å². The summed E-state index contributed by atoms with van der Waals surface area (Å²) in [7, 11) is 0. The Labute approximate surface area is 236 Å². The van der Waals surface area contributed by atoms with Crippen LogP contribution in [0.15, 0.2) is 64.3 Å². The molecule has 5 aromatic rings. The Kier molecular flexibility index (Phi) is 6.00. The maximum absolute atomic E-state index is 13.5. The summed E-state index contributed by atoms with van der Waals surface area (Å²) in [5, 5.41) is 12.4. The fraction of sp³-hybridized carbons (Fsp3) is 0.179. The lowest BCUT2D eigenvalue weighted by atomic mass is 10.0. The molecule has 0 unspecified atom stereocenters. The lowest BCUT2D eigenvalue weighted by Gasteiger charge is -2.18. The molecule has 1 aliphatic carbocycles. The summed E-state index contributed by atoms with van der Waals surface area (Å²) >= 11 is 0. The van der Waals surface area contributed by atoms with Crippen molar-refractivity contribution in [1.29, 1.82) is 0 Å². The minimum absolute atomic E-state index is 0.0389. The average Bonchev–Trinajstić information content (AvgIpc) is 3.75. The molecule has 14 nitrogen and oxygen atoms in total. The third-order valence-electron chi connectivity index (χ3n) is 7.22. The maximum Gasteiger partial charge on any atom is 0.439 e. The molecule has 0 saturated heterocycles. The van der Waals surface area contributed by atoms with Crippen molar-refractivity contribution in [1.82, 2.24) is 35.1 Å². The number of fused-ring (bicyclic) bond motifs is 3. The topological polar surface area (TPSA) is 186 Å². The number of ether oxygens (including phenoxy) is 1. The summed E-state index contributed by atoms with van der Waals surface area (Å²) in [6.07, 6.45) is 4.34. The molecule has 0 spiro atoms. The molecule has 0 bridgehead atoms.